The Morgan fingerprint density at radius 3 is 1.52 bits per heavy atom. The van der Waals surface area contributed by atoms with E-state index in [1.807, 2.05) is 24.3 Å². The molecule has 4 aromatic rings. The highest BCUT2D eigenvalue weighted by molar-refractivity contribution is 6.17. The van der Waals surface area contributed by atoms with Gasteiger partial charge in [0.15, 0.2) is 0 Å². The first-order chi connectivity index (χ1) is 24.7. The largest absolute Gasteiger partial charge is 0.573 e. The highest BCUT2D eigenvalue weighted by Crippen LogP contribution is 2.47. The van der Waals surface area contributed by atoms with Crippen LogP contribution >= 0.6 is 0 Å². The fraction of sp³-hybridized carbons (Fsp3) is 0.0526. The van der Waals surface area contributed by atoms with Crippen molar-refractivity contribution in [2.24, 2.45) is 0 Å². The van der Waals surface area contributed by atoms with Crippen LogP contribution in [0.4, 0.5) is 26.3 Å². The number of fused-ring (bicyclic) bond motifs is 1. The summed E-state index contributed by atoms with van der Waals surface area (Å²) in [4.78, 5) is 0. The first-order valence-electron chi connectivity index (χ1n) is 14.4. The minimum Gasteiger partial charge on any atom is -0.404 e. The van der Waals surface area contributed by atoms with Gasteiger partial charge in [-0.15, -0.1) is 26.3 Å². The van der Waals surface area contributed by atoms with Gasteiger partial charge in [-0.1, -0.05) is 42.5 Å². The fourth-order valence-corrected chi connectivity index (χ4v) is 5.49. The molecule has 1 aliphatic rings. The van der Waals surface area contributed by atoms with Crippen molar-refractivity contribution >= 4 is 16.7 Å². The smallest absolute Gasteiger partial charge is 0.404 e. The molecule has 0 atom stereocenters. The predicted octanol–water partition coefficient (Wildman–Crippen LogP) is 9.26. The minimum atomic E-state index is -5.04. The van der Waals surface area contributed by atoms with E-state index < -0.39 is 35.4 Å². The van der Waals surface area contributed by atoms with Crippen LogP contribution in [0, 0.1) is 68.0 Å². The molecule has 250 valence electrons. The third-order valence-electron chi connectivity index (χ3n) is 7.59. The molecule has 0 spiro atoms. The summed E-state index contributed by atoms with van der Waals surface area (Å²) in [5.74, 6) is -1.42. The Bertz CT molecular complexity index is 2490. The van der Waals surface area contributed by atoms with E-state index in [1.54, 1.807) is 42.5 Å². The van der Waals surface area contributed by atoms with E-state index in [2.05, 4.69) is 9.47 Å². The molecule has 0 N–H and O–H groups in total. The van der Waals surface area contributed by atoms with Crippen LogP contribution in [0.15, 0.2) is 96.1 Å². The van der Waals surface area contributed by atoms with E-state index in [-0.39, 0.29) is 33.4 Å². The number of rotatable bonds is 6. The van der Waals surface area contributed by atoms with E-state index >= 15 is 0 Å². The van der Waals surface area contributed by atoms with Crippen LogP contribution in [-0.2, 0) is 0 Å². The molecule has 0 radical (unpaired) electrons. The SMILES string of the molecule is N#CC(C#N)=C(C1=CC(=C(C#N)C#N)c2cc(-c3ccc(OC(F)(F)F)c(C#N)c3)ccc21)c1cccc(-c2ccc(OC(F)(F)F)c(C#N)c2)c1. The molecule has 0 amide bonds. The van der Waals surface area contributed by atoms with Gasteiger partial charge >= 0.3 is 12.7 Å². The summed E-state index contributed by atoms with van der Waals surface area (Å²) in [7, 11) is 0. The maximum Gasteiger partial charge on any atom is 0.573 e. The van der Waals surface area contributed by atoms with E-state index in [0.717, 1.165) is 12.1 Å². The molecule has 52 heavy (non-hydrogen) atoms. The second-order valence-corrected chi connectivity index (χ2v) is 10.6. The summed E-state index contributed by atoms with van der Waals surface area (Å²) < 4.78 is 85.0. The lowest BCUT2D eigenvalue weighted by Crippen LogP contribution is -2.17. The Kier molecular flexibility index (Phi) is 9.55. The molecule has 0 bridgehead atoms. The Morgan fingerprint density at radius 1 is 0.538 bits per heavy atom. The van der Waals surface area contributed by atoms with Gasteiger partial charge in [0.25, 0.3) is 0 Å². The number of hydrogen-bond acceptors (Lipinski definition) is 8. The van der Waals surface area contributed by atoms with Gasteiger partial charge in [-0.3, -0.25) is 0 Å². The van der Waals surface area contributed by atoms with Gasteiger partial charge in [0.1, 0.15) is 59.1 Å². The molecule has 0 aromatic heterocycles. The molecule has 0 aliphatic heterocycles. The number of nitriles is 6. The van der Waals surface area contributed by atoms with Crippen molar-refractivity contribution in [3.8, 4) is 70.2 Å². The van der Waals surface area contributed by atoms with Crippen molar-refractivity contribution in [1.29, 1.82) is 31.6 Å². The molecule has 1 aliphatic carbocycles. The van der Waals surface area contributed by atoms with E-state index in [0.29, 0.717) is 33.4 Å². The molecule has 0 fully saturated rings. The first kappa shape index (κ1) is 35.5. The van der Waals surface area contributed by atoms with Crippen molar-refractivity contribution in [3.63, 3.8) is 0 Å². The average Bonchev–Trinajstić information content (AvgIpc) is 3.48. The molecule has 8 nitrogen and oxygen atoms in total. The molecular weight excluding hydrogens is 686 g/mol. The lowest BCUT2D eigenvalue weighted by atomic mass is 9.88. The van der Waals surface area contributed by atoms with Crippen molar-refractivity contribution in [1.82, 2.24) is 0 Å². The zero-order chi connectivity index (χ0) is 37.8. The van der Waals surface area contributed by atoms with Crippen molar-refractivity contribution in [2.45, 2.75) is 12.7 Å². The number of alkyl halides is 6. The highest BCUT2D eigenvalue weighted by atomic mass is 19.4. The number of nitrogens with zero attached hydrogens (tertiary/aromatic N) is 6. The third kappa shape index (κ3) is 7.29. The monoisotopic (exact) mass is 700 g/mol. The van der Waals surface area contributed by atoms with Crippen molar-refractivity contribution in [3.05, 3.63) is 124 Å². The van der Waals surface area contributed by atoms with Crippen LogP contribution in [0.2, 0.25) is 0 Å². The van der Waals surface area contributed by atoms with E-state index in [4.69, 9.17) is 0 Å². The van der Waals surface area contributed by atoms with Crippen LogP contribution < -0.4 is 9.47 Å². The zero-order valence-electron chi connectivity index (χ0n) is 25.9. The normalized spacial score (nSPS) is 11.6. The summed E-state index contributed by atoms with van der Waals surface area (Å²) in [6.07, 6.45) is -8.64. The van der Waals surface area contributed by atoms with E-state index in [9.17, 15) is 57.9 Å². The van der Waals surface area contributed by atoms with Crippen LogP contribution in [0.5, 0.6) is 11.5 Å². The lowest BCUT2D eigenvalue weighted by Gasteiger charge is -2.15. The van der Waals surface area contributed by atoms with Crippen LogP contribution in [0.25, 0.3) is 39.0 Å². The molecule has 0 saturated carbocycles. The standard InChI is InChI=1S/C38H14F6N6O2/c39-37(40,41)51-34-8-5-22(11-26(34)15-45)21-2-1-3-25(10-21)36(29(19-49)20-50)33-14-31(28(17-47)18-48)32-13-24(4-7-30(32)33)23-6-9-35(27(12-23)16-46)52-38(42,43)44/h1-14H. The number of hydrogen-bond donors (Lipinski definition) is 0. The van der Waals surface area contributed by atoms with Crippen LogP contribution in [0.1, 0.15) is 27.8 Å². The number of allylic oxidation sites excluding steroid dienone is 6. The Hall–Kier alpha value is -7.78. The van der Waals surface area contributed by atoms with Gasteiger partial charge < -0.3 is 9.47 Å². The summed E-state index contributed by atoms with van der Waals surface area (Å²) in [5, 5.41) is 58.6. The zero-order valence-corrected chi connectivity index (χ0v) is 25.9. The lowest BCUT2D eigenvalue weighted by molar-refractivity contribution is -0.275. The Morgan fingerprint density at radius 2 is 1.04 bits per heavy atom. The minimum absolute atomic E-state index is 0.0732. The number of ether oxygens (including phenoxy) is 2. The first-order valence-corrected chi connectivity index (χ1v) is 14.4. The van der Waals surface area contributed by atoms with Gasteiger partial charge in [-0.05, 0) is 87.0 Å². The quantitative estimate of drug-likeness (QED) is 0.142. The fourth-order valence-electron chi connectivity index (χ4n) is 5.49. The second-order valence-electron chi connectivity index (χ2n) is 10.6. The van der Waals surface area contributed by atoms with Gasteiger partial charge in [-0.25, -0.2) is 0 Å². The second kappa shape index (κ2) is 14.0. The van der Waals surface area contributed by atoms with Crippen LogP contribution in [-0.4, -0.2) is 12.7 Å². The van der Waals surface area contributed by atoms with Gasteiger partial charge in [0.2, 0.25) is 0 Å². The topological polar surface area (TPSA) is 161 Å². The molecular formula is C38H14F6N6O2. The average molecular weight is 701 g/mol. The predicted molar refractivity (Wildman–Crippen MR) is 171 cm³/mol. The molecule has 14 heteroatoms. The van der Waals surface area contributed by atoms with Crippen molar-refractivity contribution in [2.75, 3.05) is 0 Å². The molecule has 0 saturated heterocycles. The molecule has 0 unspecified atom stereocenters. The van der Waals surface area contributed by atoms with Gasteiger partial charge in [0.05, 0.1) is 11.1 Å². The van der Waals surface area contributed by atoms with Crippen LogP contribution in [0.3, 0.4) is 0 Å². The number of halogens is 6. The summed E-state index contributed by atoms with van der Waals surface area (Å²) >= 11 is 0. The third-order valence-corrected chi connectivity index (χ3v) is 7.59. The van der Waals surface area contributed by atoms with E-state index in [1.165, 1.54) is 42.5 Å². The van der Waals surface area contributed by atoms with Gasteiger partial charge in [0, 0.05) is 11.1 Å². The summed E-state index contributed by atoms with van der Waals surface area (Å²) in [6.45, 7) is 0. The number of benzene rings is 4. The maximum absolute atomic E-state index is 12.9. The van der Waals surface area contributed by atoms with Crippen molar-refractivity contribution < 1.29 is 35.8 Å². The Balaban J connectivity index is 1.67. The molecule has 0 heterocycles. The summed E-state index contributed by atoms with van der Waals surface area (Å²) in [5.41, 5.74) is 1.17. The highest BCUT2D eigenvalue weighted by Gasteiger charge is 2.33. The summed E-state index contributed by atoms with van der Waals surface area (Å²) in [6, 6.07) is 28.4. The maximum atomic E-state index is 12.9. The molecule has 5 rings (SSSR count). The molecule has 4 aromatic carbocycles. The van der Waals surface area contributed by atoms with Gasteiger partial charge in [-0.2, -0.15) is 31.6 Å². The Labute approximate surface area is 290 Å².